The number of alkyl halides is 3. The van der Waals surface area contributed by atoms with Crippen LogP contribution in [0.5, 0.6) is 0 Å². The largest absolute Gasteiger partial charge is 0.405 e. The van der Waals surface area contributed by atoms with Crippen molar-refractivity contribution in [2.45, 2.75) is 25.1 Å². The first-order valence-electron chi connectivity index (χ1n) is 6.41. The topological polar surface area (TPSA) is 42.1 Å². The molecule has 1 heterocycles. The quantitative estimate of drug-likeness (QED) is 0.877. The van der Waals surface area contributed by atoms with Gasteiger partial charge in [-0.1, -0.05) is 6.07 Å². The number of aromatic nitrogens is 1. The van der Waals surface area contributed by atoms with Gasteiger partial charge in [-0.3, -0.25) is 4.98 Å². The monoisotopic (exact) mass is 281 g/mol. The zero-order chi connectivity index (χ0) is 14.3. The number of hydrogen-bond acceptors (Lipinski definition) is 3. The molecule has 3 nitrogen and oxygen atoms in total. The Hall–Kier alpha value is -1.98. The van der Waals surface area contributed by atoms with Crippen LogP contribution in [-0.4, -0.2) is 23.7 Å². The Labute approximate surface area is 114 Å². The van der Waals surface area contributed by atoms with Crippen molar-refractivity contribution in [3.05, 3.63) is 30.6 Å². The van der Waals surface area contributed by atoms with Crippen molar-refractivity contribution in [1.82, 2.24) is 4.98 Å². The fourth-order valence-electron chi connectivity index (χ4n) is 2.42. The van der Waals surface area contributed by atoms with E-state index < -0.39 is 12.7 Å². The van der Waals surface area contributed by atoms with Gasteiger partial charge in [0.2, 0.25) is 0 Å². The number of pyridine rings is 1. The van der Waals surface area contributed by atoms with E-state index >= 15 is 0 Å². The summed E-state index contributed by atoms with van der Waals surface area (Å²) in [5.74, 6) is 0. The third-order valence-electron chi connectivity index (χ3n) is 3.49. The van der Waals surface area contributed by atoms with E-state index in [2.05, 4.69) is 4.98 Å². The maximum Gasteiger partial charge on any atom is 0.405 e. The molecule has 0 unspecified atom stereocenters. The van der Waals surface area contributed by atoms with Crippen LogP contribution >= 0.6 is 0 Å². The minimum absolute atomic E-state index is 0.0572. The minimum atomic E-state index is -4.23. The molecule has 0 bridgehead atoms. The summed E-state index contributed by atoms with van der Waals surface area (Å²) in [6.45, 7) is -0.960. The maximum absolute atomic E-state index is 12.7. The molecule has 2 N–H and O–H groups in total. The third-order valence-corrected chi connectivity index (χ3v) is 3.49. The fraction of sp³-hybridized carbons (Fsp3) is 0.357. The van der Waals surface area contributed by atoms with Gasteiger partial charge in [0.1, 0.15) is 6.54 Å². The van der Waals surface area contributed by atoms with E-state index in [1.54, 1.807) is 30.6 Å². The van der Waals surface area contributed by atoms with Crippen LogP contribution in [0, 0.1) is 0 Å². The van der Waals surface area contributed by atoms with Crippen LogP contribution < -0.4 is 10.6 Å². The number of halogens is 3. The van der Waals surface area contributed by atoms with E-state index in [0.717, 1.165) is 23.6 Å². The zero-order valence-electron chi connectivity index (χ0n) is 10.7. The van der Waals surface area contributed by atoms with Crippen LogP contribution in [-0.2, 0) is 0 Å². The fourth-order valence-corrected chi connectivity index (χ4v) is 2.42. The van der Waals surface area contributed by atoms with Gasteiger partial charge in [0.05, 0.1) is 11.4 Å². The molecule has 1 aliphatic rings. The SMILES string of the molecule is Nc1c(N(CC(F)(F)F)C2CC2)ccc2cnccc12. The molecule has 1 aromatic heterocycles. The first-order valence-corrected chi connectivity index (χ1v) is 6.41. The van der Waals surface area contributed by atoms with Crippen molar-refractivity contribution in [3.8, 4) is 0 Å². The summed E-state index contributed by atoms with van der Waals surface area (Å²) in [6, 6.07) is 5.09. The number of nitrogen functional groups attached to an aromatic ring is 1. The summed E-state index contributed by atoms with van der Waals surface area (Å²) in [5, 5.41) is 1.57. The Kier molecular flexibility index (Phi) is 2.96. The smallest absolute Gasteiger partial charge is 0.397 e. The summed E-state index contributed by atoms with van der Waals surface area (Å²) in [7, 11) is 0. The highest BCUT2D eigenvalue weighted by Gasteiger charge is 2.38. The van der Waals surface area contributed by atoms with Gasteiger partial charge in [0.15, 0.2) is 0 Å². The van der Waals surface area contributed by atoms with E-state index in [1.807, 2.05) is 0 Å². The van der Waals surface area contributed by atoms with Crippen LogP contribution in [0.2, 0.25) is 0 Å². The number of fused-ring (bicyclic) bond motifs is 1. The van der Waals surface area contributed by atoms with Crippen LogP contribution in [0.1, 0.15) is 12.8 Å². The zero-order valence-corrected chi connectivity index (χ0v) is 10.7. The van der Waals surface area contributed by atoms with Gasteiger partial charge in [-0.15, -0.1) is 0 Å². The summed E-state index contributed by atoms with van der Waals surface area (Å²) in [6.07, 6.45) is 0.574. The lowest BCUT2D eigenvalue weighted by Crippen LogP contribution is -2.36. The van der Waals surface area contributed by atoms with Crippen LogP contribution in [0.4, 0.5) is 24.5 Å². The Morgan fingerprint density at radius 2 is 2.00 bits per heavy atom. The molecular formula is C14H14F3N3. The maximum atomic E-state index is 12.7. The first-order chi connectivity index (χ1) is 9.46. The summed E-state index contributed by atoms with van der Waals surface area (Å²) in [4.78, 5) is 5.36. The van der Waals surface area contributed by atoms with Gasteiger partial charge < -0.3 is 10.6 Å². The van der Waals surface area contributed by atoms with E-state index in [0.29, 0.717) is 11.4 Å². The third kappa shape index (κ3) is 2.50. The summed E-state index contributed by atoms with van der Waals surface area (Å²) < 4.78 is 38.2. The van der Waals surface area contributed by atoms with Gasteiger partial charge >= 0.3 is 6.18 Å². The predicted octanol–water partition coefficient (Wildman–Crippen LogP) is 3.35. The lowest BCUT2D eigenvalue weighted by atomic mass is 10.1. The van der Waals surface area contributed by atoms with Crippen LogP contribution in [0.15, 0.2) is 30.6 Å². The number of nitrogens with two attached hydrogens (primary N) is 1. The Morgan fingerprint density at radius 1 is 1.25 bits per heavy atom. The lowest BCUT2D eigenvalue weighted by Gasteiger charge is -2.27. The van der Waals surface area contributed by atoms with Gasteiger partial charge in [0.25, 0.3) is 0 Å². The molecule has 20 heavy (non-hydrogen) atoms. The van der Waals surface area contributed by atoms with Gasteiger partial charge in [-0.2, -0.15) is 13.2 Å². The molecule has 106 valence electrons. The molecule has 0 radical (unpaired) electrons. The highest BCUT2D eigenvalue weighted by molar-refractivity contribution is 5.98. The molecule has 1 aromatic carbocycles. The van der Waals surface area contributed by atoms with E-state index in [1.165, 1.54) is 4.90 Å². The van der Waals surface area contributed by atoms with E-state index in [9.17, 15) is 13.2 Å². The Bertz CT molecular complexity index is 635. The Balaban J connectivity index is 2.04. The molecule has 0 atom stereocenters. The van der Waals surface area contributed by atoms with Crippen molar-refractivity contribution in [2.75, 3.05) is 17.2 Å². The second-order valence-corrected chi connectivity index (χ2v) is 5.07. The highest BCUT2D eigenvalue weighted by atomic mass is 19.4. The number of rotatable bonds is 3. The molecule has 1 fully saturated rings. The second-order valence-electron chi connectivity index (χ2n) is 5.07. The summed E-state index contributed by atoms with van der Waals surface area (Å²) in [5.41, 5.74) is 6.92. The molecule has 3 rings (SSSR count). The highest BCUT2D eigenvalue weighted by Crippen LogP contribution is 2.39. The number of nitrogens with zero attached hydrogens (tertiary/aromatic N) is 2. The van der Waals surface area contributed by atoms with Crippen molar-refractivity contribution in [1.29, 1.82) is 0 Å². The Morgan fingerprint density at radius 3 is 2.65 bits per heavy atom. The van der Waals surface area contributed by atoms with Crippen molar-refractivity contribution in [3.63, 3.8) is 0 Å². The number of hydrogen-bond donors (Lipinski definition) is 1. The standard InChI is InChI=1S/C14H14F3N3/c15-14(16,17)8-20(10-2-3-10)12-4-1-9-7-19-6-5-11(9)13(12)18/h1,4-7,10H,2-3,8,18H2. The predicted molar refractivity (Wildman–Crippen MR) is 72.6 cm³/mol. The molecular weight excluding hydrogens is 267 g/mol. The molecule has 0 aliphatic heterocycles. The molecule has 1 saturated carbocycles. The van der Waals surface area contributed by atoms with Crippen LogP contribution in [0.25, 0.3) is 10.8 Å². The number of benzene rings is 1. The first kappa shape index (κ1) is 13.0. The van der Waals surface area contributed by atoms with Crippen molar-refractivity contribution in [2.24, 2.45) is 0 Å². The van der Waals surface area contributed by atoms with E-state index in [-0.39, 0.29) is 6.04 Å². The molecule has 0 saturated heterocycles. The minimum Gasteiger partial charge on any atom is -0.397 e. The van der Waals surface area contributed by atoms with Crippen molar-refractivity contribution < 1.29 is 13.2 Å². The molecule has 6 heteroatoms. The molecule has 1 aliphatic carbocycles. The lowest BCUT2D eigenvalue weighted by molar-refractivity contribution is -0.119. The average Bonchev–Trinajstić information content (AvgIpc) is 3.20. The summed E-state index contributed by atoms with van der Waals surface area (Å²) >= 11 is 0. The molecule has 0 spiro atoms. The van der Waals surface area contributed by atoms with Crippen molar-refractivity contribution >= 4 is 22.1 Å². The molecule has 0 amide bonds. The van der Waals surface area contributed by atoms with Gasteiger partial charge in [-0.05, 0) is 25.0 Å². The van der Waals surface area contributed by atoms with Crippen LogP contribution in [0.3, 0.4) is 0 Å². The molecule has 2 aromatic rings. The van der Waals surface area contributed by atoms with Gasteiger partial charge in [-0.25, -0.2) is 0 Å². The van der Waals surface area contributed by atoms with Gasteiger partial charge in [0, 0.05) is 29.2 Å². The average molecular weight is 281 g/mol. The van der Waals surface area contributed by atoms with E-state index in [4.69, 9.17) is 5.73 Å². The normalized spacial score (nSPS) is 15.6. The second kappa shape index (κ2) is 4.54. The number of anilines is 2.